The van der Waals surface area contributed by atoms with Crippen molar-refractivity contribution >= 4 is 21.8 Å². The van der Waals surface area contributed by atoms with E-state index in [1.54, 1.807) is 6.07 Å². The number of nitrogens with zero attached hydrogens (tertiary/aromatic N) is 1. The molecular formula is C17H18BrF3N2O2. The Morgan fingerprint density at radius 2 is 1.96 bits per heavy atom. The number of carbonyl (C=O) groups excluding carboxylic acids is 1. The van der Waals surface area contributed by atoms with E-state index in [2.05, 4.69) is 21.2 Å². The molecule has 0 unspecified atom stereocenters. The maximum absolute atomic E-state index is 12.7. The van der Waals surface area contributed by atoms with Gasteiger partial charge in [0.1, 0.15) is 12.3 Å². The van der Waals surface area contributed by atoms with Gasteiger partial charge in [-0.25, -0.2) is 0 Å². The number of hydrogen-bond acceptors (Lipinski definition) is 3. The van der Waals surface area contributed by atoms with Crippen LogP contribution in [0.4, 0.5) is 13.2 Å². The van der Waals surface area contributed by atoms with Gasteiger partial charge >= 0.3 is 6.18 Å². The molecule has 0 bridgehead atoms. The monoisotopic (exact) mass is 418 g/mol. The predicted octanol–water partition coefficient (Wildman–Crippen LogP) is 4.28. The molecule has 0 saturated carbocycles. The van der Waals surface area contributed by atoms with Crippen LogP contribution in [0.1, 0.15) is 24.3 Å². The van der Waals surface area contributed by atoms with Gasteiger partial charge in [0.25, 0.3) is 0 Å². The zero-order valence-electron chi connectivity index (χ0n) is 13.5. The zero-order valence-corrected chi connectivity index (χ0v) is 15.1. The Labute approximate surface area is 152 Å². The van der Waals surface area contributed by atoms with Crippen LogP contribution in [0.5, 0.6) is 0 Å². The molecule has 2 rings (SSSR count). The van der Waals surface area contributed by atoms with Crippen LogP contribution in [0.2, 0.25) is 0 Å². The number of benzene rings is 1. The minimum atomic E-state index is -4.47. The second-order valence-corrected chi connectivity index (χ2v) is 6.51. The van der Waals surface area contributed by atoms with Gasteiger partial charge in [0.05, 0.1) is 19.4 Å². The minimum absolute atomic E-state index is 0.173. The first-order valence-electron chi connectivity index (χ1n) is 7.60. The molecule has 2 aromatic rings. The van der Waals surface area contributed by atoms with Gasteiger partial charge in [-0.1, -0.05) is 28.1 Å². The average Bonchev–Trinajstić information content (AvgIpc) is 3.04. The summed E-state index contributed by atoms with van der Waals surface area (Å²) in [7, 11) is 0. The third-order valence-corrected chi connectivity index (χ3v) is 4.11. The van der Waals surface area contributed by atoms with E-state index in [4.69, 9.17) is 4.42 Å². The molecule has 25 heavy (non-hydrogen) atoms. The molecule has 0 saturated heterocycles. The Morgan fingerprint density at radius 3 is 2.52 bits per heavy atom. The van der Waals surface area contributed by atoms with Crippen molar-refractivity contribution in [1.29, 1.82) is 0 Å². The fourth-order valence-corrected chi connectivity index (χ4v) is 2.53. The lowest BCUT2D eigenvalue weighted by atomic mass is 10.1. The minimum Gasteiger partial charge on any atom is -0.467 e. The van der Waals surface area contributed by atoms with E-state index in [1.165, 1.54) is 12.3 Å². The van der Waals surface area contributed by atoms with Crippen LogP contribution in [-0.2, 0) is 11.3 Å². The molecule has 1 heterocycles. The number of rotatable bonds is 7. The van der Waals surface area contributed by atoms with Crippen molar-refractivity contribution in [1.82, 2.24) is 10.2 Å². The van der Waals surface area contributed by atoms with E-state index < -0.39 is 18.6 Å². The largest absolute Gasteiger partial charge is 0.467 e. The van der Waals surface area contributed by atoms with Crippen molar-refractivity contribution in [3.8, 4) is 0 Å². The number of amides is 1. The summed E-state index contributed by atoms with van der Waals surface area (Å²) >= 11 is 3.34. The number of alkyl halides is 3. The Kier molecular flexibility index (Phi) is 6.66. The maximum atomic E-state index is 12.7. The van der Waals surface area contributed by atoms with Gasteiger partial charge in [0, 0.05) is 10.5 Å². The summed E-state index contributed by atoms with van der Waals surface area (Å²) in [5.74, 6) is -0.337. The number of nitrogens with one attached hydrogen (secondary N) is 1. The van der Waals surface area contributed by atoms with Crippen LogP contribution in [0, 0.1) is 0 Å². The normalized spacial score (nSPS) is 12.8. The summed E-state index contributed by atoms with van der Waals surface area (Å²) in [6, 6.07) is 10.4. The summed E-state index contributed by atoms with van der Waals surface area (Å²) < 4.78 is 44.2. The molecule has 0 fully saturated rings. The van der Waals surface area contributed by atoms with E-state index in [-0.39, 0.29) is 19.1 Å². The summed E-state index contributed by atoms with van der Waals surface area (Å²) in [5, 5.41) is 2.96. The second-order valence-electron chi connectivity index (χ2n) is 5.60. The predicted molar refractivity (Wildman–Crippen MR) is 90.7 cm³/mol. The summed E-state index contributed by atoms with van der Waals surface area (Å²) in [5.41, 5.74) is 0.935. The molecule has 0 aliphatic carbocycles. The van der Waals surface area contributed by atoms with Crippen molar-refractivity contribution < 1.29 is 22.4 Å². The van der Waals surface area contributed by atoms with Crippen molar-refractivity contribution in [2.75, 3.05) is 13.1 Å². The third kappa shape index (κ3) is 6.55. The lowest BCUT2D eigenvalue weighted by Crippen LogP contribution is -2.43. The van der Waals surface area contributed by atoms with Gasteiger partial charge < -0.3 is 14.6 Å². The molecule has 1 amide bonds. The van der Waals surface area contributed by atoms with Gasteiger partial charge in [0.2, 0.25) is 5.91 Å². The molecule has 0 aliphatic rings. The topological polar surface area (TPSA) is 45.5 Å². The quantitative estimate of drug-likeness (QED) is 0.729. The van der Waals surface area contributed by atoms with E-state index in [0.29, 0.717) is 5.76 Å². The van der Waals surface area contributed by atoms with Gasteiger partial charge in [-0.05, 0) is 36.8 Å². The first kappa shape index (κ1) is 19.5. The van der Waals surface area contributed by atoms with Crippen LogP contribution < -0.4 is 5.32 Å². The summed E-state index contributed by atoms with van der Waals surface area (Å²) in [4.78, 5) is 13.0. The Morgan fingerprint density at radius 1 is 1.28 bits per heavy atom. The molecule has 136 valence electrons. The number of hydrogen-bond donors (Lipinski definition) is 1. The smallest absolute Gasteiger partial charge is 0.406 e. The molecular weight excluding hydrogens is 401 g/mol. The van der Waals surface area contributed by atoms with Crippen molar-refractivity contribution in [3.63, 3.8) is 0 Å². The molecule has 1 atom stereocenters. The number of carbonyl (C=O) groups is 1. The third-order valence-electron chi connectivity index (χ3n) is 3.58. The van der Waals surface area contributed by atoms with E-state index in [9.17, 15) is 18.0 Å². The zero-order chi connectivity index (χ0) is 18.4. The fraction of sp³-hybridized carbons (Fsp3) is 0.353. The first-order chi connectivity index (χ1) is 11.7. The molecule has 4 nitrogen and oxygen atoms in total. The van der Waals surface area contributed by atoms with Gasteiger partial charge in [0.15, 0.2) is 0 Å². The van der Waals surface area contributed by atoms with Gasteiger partial charge in [-0.3, -0.25) is 4.79 Å². The lowest BCUT2D eigenvalue weighted by Gasteiger charge is -2.24. The average molecular weight is 419 g/mol. The van der Waals surface area contributed by atoms with E-state index >= 15 is 0 Å². The van der Waals surface area contributed by atoms with Crippen molar-refractivity contribution in [2.24, 2.45) is 0 Å². The van der Waals surface area contributed by atoms with E-state index in [0.717, 1.165) is 14.9 Å². The fourth-order valence-electron chi connectivity index (χ4n) is 2.26. The molecule has 1 N–H and O–H groups in total. The highest BCUT2D eigenvalue weighted by Gasteiger charge is 2.33. The highest BCUT2D eigenvalue weighted by Crippen LogP contribution is 2.19. The standard InChI is InChI=1S/C17H18BrF3N2O2/c1-12(13-4-6-14(18)7-5-13)22-9-16(24)23(11-17(19,20)21)10-15-3-2-8-25-15/h2-8,12,22H,9-11H2,1H3/t12-/m0/s1. The summed E-state index contributed by atoms with van der Waals surface area (Å²) in [6.45, 7) is 0.103. The SMILES string of the molecule is C[C@H](NCC(=O)N(Cc1ccco1)CC(F)(F)F)c1ccc(Br)cc1. The molecule has 0 radical (unpaired) electrons. The Balaban J connectivity index is 1.97. The summed E-state index contributed by atoms with van der Waals surface area (Å²) in [6.07, 6.45) is -3.11. The highest BCUT2D eigenvalue weighted by atomic mass is 79.9. The molecule has 0 spiro atoms. The first-order valence-corrected chi connectivity index (χ1v) is 8.39. The molecule has 1 aromatic carbocycles. The second kappa shape index (κ2) is 8.53. The van der Waals surface area contributed by atoms with Crippen LogP contribution in [0.15, 0.2) is 51.6 Å². The molecule has 0 aliphatic heterocycles. The van der Waals surface area contributed by atoms with Crippen LogP contribution >= 0.6 is 15.9 Å². The van der Waals surface area contributed by atoms with Crippen LogP contribution in [0.25, 0.3) is 0 Å². The van der Waals surface area contributed by atoms with Crippen LogP contribution in [-0.4, -0.2) is 30.1 Å². The lowest BCUT2D eigenvalue weighted by molar-refractivity contribution is -0.162. The Hall–Kier alpha value is -1.80. The molecule has 8 heteroatoms. The highest BCUT2D eigenvalue weighted by molar-refractivity contribution is 9.10. The number of furan rings is 1. The molecule has 1 aromatic heterocycles. The van der Waals surface area contributed by atoms with Crippen molar-refractivity contribution in [2.45, 2.75) is 25.7 Å². The van der Waals surface area contributed by atoms with Crippen molar-refractivity contribution in [3.05, 3.63) is 58.5 Å². The van der Waals surface area contributed by atoms with Gasteiger partial charge in [-0.2, -0.15) is 13.2 Å². The number of halogens is 4. The maximum Gasteiger partial charge on any atom is 0.406 e. The van der Waals surface area contributed by atoms with Crippen LogP contribution in [0.3, 0.4) is 0 Å². The van der Waals surface area contributed by atoms with E-state index in [1.807, 2.05) is 31.2 Å². The Bertz CT molecular complexity index is 672. The van der Waals surface area contributed by atoms with Gasteiger partial charge in [-0.15, -0.1) is 0 Å².